The van der Waals surface area contributed by atoms with Gasteiger partial charge in [0.15, 0.2) is 17.1 Å². The van der Waals surface area contributed by atoms with E-state index in [1.165, 1.54) is 148 Å². The van der Waals surface area contributed by atoms with Gasteiger partial charge >= 0.3 is 0 Å². The van der Waals surface area contributed by atoms with E-state index in [-0.39, 0.29) is 0 Å². The minimum atomic E-state index is 0.339. The molecule has 5 aromatic carbocycles. The number of hydrogen-bond acceptors (Lipinski definition) is 7. The Kier molecular flexibility index (Phi) is 41.5. The zero-order valence-corrected chi connectivity index (χ0v) is 63.7. The summed E-state index contributed by atoms with van der Waals surface area (Å²) in [5, 5.41) is 22.6. The van der Waals surface area contributed by atoms with Crippen LogP contribution in [0.4, 0.5) is 0 Å². The van der Waals surface area contributed by atoms with Crippen molar-refractivity contribution >= 4 is 58.6 Å². The van der Waals surface area contributed by atoms with Gasteiger partial charge in [-0.05, 0) is 191 Å². The Hall–Kier alpha value is -8.75. The maximum absolute atomic E-state index is 11.3. The van der Waals surface area contributed by atoms with Crippen molar-refractivity contribution in [2.24, 2.45) is 0 Å². The molecule has 0 radical (unpaired) electrons. The normalized spacial score (nSPS) is 14.1. The highest BCUT2D eigenvalue weighted by atomic mass is 16.5. The molecule has 103 heavy (non-hydrogen) atoms. The monoisotopic (exact) mass is 1390 g/mol. The molecule has 0 saturated heterocycles. The van der Waals surface area contributed by atoms with E-state index in [9.17, 15) is 10.5 Å². The summed E-state index contributed by atoms with van der Waals surface area (Å²) in [5.41, 5.74) is 8.10. The van der Waals surface area contributed by atoms with Crippen molar-refractivity contribution in [3.63, 3.8) is 0 Å². The number of fused-ring (bicyclic) bond motifs is 10. The van der Waals surface area contributed by atoms with Crippen molar-refractivity contribution < 1.29 is 23.7 Å². The number of unbranched alkanes of at least 4 members (excludes halogenated alkanes) is 33. The van der Waals surface area contributed by atoms with E-state index >= 15 is 0 Å². The van der Waals surface area contributed by atoms with Crippen molar-refractivity contribution in [2.45, 2.75) is 279 Å². The molecule has 548 valence electrons. The molecule has 0 saturated carbocycles. The fourth-order valence-corrected chi connectivity index (χ4v) is 13.2. The molecule has 0 unspecified atom stereocenters. The van der Waals surface area contributed by atoms with Crippen LogP contribution in [0.1, 0.15) is 334 Å². The standard InChI is InChI=1S/C93H121N5O5/c1-9-14-19-24-29-33-38-43-48-99-86-59-74-52-79(67-86)85(73-95)58-75-54-81(69-88(60-75)101-49-44-39-34-30-25-20-15-10-2)92(97-7)65-77-56-83(71-90(62-77)103-51-46-41-36-32-27-22-17-12-4)93(98-8)66-78-55-82(70-89(63-78)102-50-45-40-35-31-26-21-16-11-3)91(96-6)64-76-53-80(84(57-74)72-94)68-87(61-76)100-47-42-37-28-23-18-13-5/h52-71H,9-51H2,1-5H3/b84-57+,85-58?,91-64-,92-65-,93-66-. The van der Waals surface area contributed by atoms with Gasteiger partial charge in [0.2, 0.25) is 0 Å². The van der Waals surface area contributed by atoms with Gasteiger partial charge in [-0.15, -0.1) is 0 Å². The van der Waals surface area contributed by atoms with Gasteiger partial charge in [0.05, 0.1) is 76.0 Å². The second kappa shape index (κ2) is 51.4. The first kappa shape index (κ1) is 83.2. The molecular weight excluding hydrogens is 1270 g/mol. The van der Waals surface area contributed by atoms with E-state index in [2.05, 4.69) is 61.3 Å². The van der Waals surface area contributed by atoms with E-state index in [1.807, 2.05) is 121 Å². The average Bonchev–Trinajstić information content (AvgIpc) is 1.03. The lowest BCUT2D eigenvalue weighted by molar-refractivity contribution is 0.304. The first-order valence-electron chi connectivity index (χ1n) is 40.1. The lowest BCUT2D eigenvalue weighted by atomic mass is 9.96. The molecular formula is C93H121N5O5. The number of benzene rings is 5. The molecule has 10 heteroatoms. The van der Waals surface area contributed by atoms with E-state index in [1.54, 1.807) is 0 Å². The van der Waals surface area contributed by atoms with Crippen LogP contribution in [0.2, 0.25) is 0 Å². The summed E-state index contributed by atoms with van der Waals surface area (Å²) >= 11 is 0. The van der Waals surface area contributed by atoms with Gasteiger partial charge in [-0.3, -0.25) is 0 Å². The maximum Gasteiger partial charge on any atom is 0.195 e. The SMILES string of the molecule is [C-]#[N+]/C1=C\c2cc(OCCCCCCCCCC)cc(c2)/C([N+]#[C-])=C/c2cc(OCCCCCCCCCC)cc(c2)/C([N+]#[C-])=C/c2cc(OCCCCCCCC)cc(c2)/C(C#N)=C/c2cc(OCCCCCCCCCC)cc(c2)C(C#N)=Cc2cc(OCCCCCCCCCC)cc1c2. The first-order valence-corrected chi connectivity index (χ1v) is 40.1. The number of allylic oxidation sites excluding steroid dienone is 2. The summed E-state index contributed by atoms with van der Waals surface area (Å²) in [6, 6.07) is 34.0. The minimum absolute atomic E-state index is 0.339. The van der Waals surface area contributed by atoms with Gasteiger partial charge < -0.3 is 23.7 Å². The van der Waals surface area contributed by atoms with Crippen molar-refractivity contribution in [1.82, 2.24) is 0 Å². The van der Waals surface area contributed by atoms with Crippen LogP contribution < -0.4 is 23.7 Å². The van der Waals surface area contributed by atoms with Crippen LogP contribution in [0.15, 0.2) is 91.0 Å². The number of ether oxygens (including phenoxy) is 5. The molecule has 0 heterocycles. The van der Waals surface area contributed by atoms with Crippen LogP contribution >= 0.6 is 0 Å². The zero-order chi connectivity index (χ0) is 73.2. The highest BCUT2D eigenvalue weighted by molar-refractivity contribution is 5.96. The van der Waals surface area contributed by atoms with Crippen molar-refractivity contribution in [2.75, 3.05) is 33.0 Å². The van der Waals surface area contributed by atoms with Crippen LogP contribution in [0.5, 0.6) is 28.7 Å². The zero-order valence-electron chi connectivity index (χ0n) is 63.7. The van der Waals surface area contributed by atoms with Crippen LogP contribution in [0.3, 0.4) is 0 Å². The van der Waals surface area contributed by atoms with Gasteiger partial charge in [-0.25, -0.2) is 14.5 Å². The van der Waals surface area contributed by atoms with Crippen molar-refractivity contribution in [3.8, 4) is 40.9 Å². The Morgan fingerprint density at radius 3 is 0.631 bits per heavy atom. The lowest BCUT2D eigenvalue weighted by Crippen LogP contribution is -2.00. The average molecular weight is 1390 g/mol. The smallest absolute Gasteiger partial charge is 0.195 e. The molecule has 0 spiro atoms. The largest absolute Gasteiger partial charge is 0.494 e. The Bertz CT molecular complexity index is 3640. The summed E-state index contributed by atoms with van der Waals surface area (Å²) in [5.74, 6) is 2.91. The van der Waals surface area contributed by atoms with Gasteiger partial charge in [0.1, 0.15) is 28.7 Å². The van der Waals surface area contributed by atoms with Crippen LogP contribution in [-0.4, -0.2) is 33.0 Å². The Morgan fingerprint density at radius 2 is 0.427 bits per heavy atom. The molecule has 6 rings (SSSR count). The topological polar surface area (TPSA) is 107 Å². The Balaban J connectivity index is 1.58. The fourth-order valence-electron chi connectivity index (χ4n) is 13.2. The molecule has 0 aliphatic heterocycles. The molecule has 1 aliphatic carbocycles. The van der Waals surface area contributed by atoms with E-state index in [4.69, 9.17) is 43.4 Å². The predicted octanol–water partition coefficient (Wildman–Crippen LogP) is 28.2. The third kappa shape index (κ3) is 32.6. The molecule has 0 atom stereocenters. The molecule has 10 bridgehead atoms. The molecule has 1 aliphatic rings. The molecule has 0 amide bonds. The maximum atomic E-state index is 11.3. The summed E-state index contributed by atoms with van der Waals surface area (Å²) in [7, 11) is 0. The molecule has 10 nitrogen and oxygen atoms in total. The number of nitrogens with zero attached hydrogens (tertiary/aromatic N) is 5. The molecule has 0 fully saturated rings. The highest BCUT2D eigenvalue weighted by Gasteiger charge is 2.17. The minimum Gasteiger partial charge on any atom is -0.494 e. The van der Waals surface area contributed by atoms with Gasteiger partial charge in [-0.2, -0.15) is 10.5 Å². The van der Waals surface area contributed by atoms with Crippen LogP contribution in [-0.2, 0) is 0 Å². The second-order valence-electron chi connectivity index (χ2n) is 28.1. The third-order valence-electron chi connectivity index (χ3n) is 19.1. The second-order valence-corrected chi connectivity index (χ2v) is 28.1. The van der Waals surface area contributed by atoms with E-state index in [0.717, 1.165) is 96.3 Å². The van der Waals surface area contributed by atoms with E-state index in [0.29, 0.717) is 146 Å². The van der Waals surface area contributed by atoms with Gasteiger partial charge in [-0.1, -0.05) is 265 Å². The Labute approximate surface area is 622 Å². The van der Waals surface area contributed by atoms with Gasteiger partial charge in [0, 0.05) is 0 Å². The highest BCUT2D eigenvalue weighted by Crippen LogP contribution is 2.37. The fraction of sp³-hybridized carbons (Fsp3) is 0.516. The third-order valence-corrected chi connectivity index (χ3v) is 19.1. The quantitative estimate of drug-likeness (QED) is 0.0282. The van der Waals surface area contributed by atoms with E-state index < -0.39 is 0 Å². The molecule has 5 aromatic rings. The van der Waals surface area contributed by atoms with Crippen LogP contribution in [0.25, 0.3) is 73.2 Å². The number of rotatable bonds is 48. The summed E-state index contributed by atoms with van der Waals surface area (Å²) < 4.78 is 33.1. The Morgan fingerprint density at radius 1 is 0.243 bits per heavy atom. The number of nitriles is 2. The predicted molar refractivity (Wildman–Crippen MR) is 434 cm³/mol. The molecule has 0 N–H and O–H groups in total. The van der Waals surface area contributed by atoms with Crippen molar-refractivity contribution in [1.29, 1.82) is 10.5 Å². The summed E-state index contributed by atoms with van der Waals surface area (Å²) in [6.45, 7) is 40.2. The number of hydrogen-bond donors (Lipinski definition) is 0. The lowest BCUT2D eigenvalue weighted by Gasteiger charge is -2.13. The summed E-state index contributed by atoms with van der Waals surface area (Å²) in [6.07, 6.45) is 52.9. The summed E-state index contributed by atoms with van der Waals surface area (Å²) in [4.78, 5) is 12.6. The first-order chi connectivity index (χ1) is 50.7. The molecule has 0 aromatic heterocycles. The van der Waals surface area contributed by atoms with Crippen LogP contribution in [0, 0.1) is 42.4 Å². The van der Waals surface area contributed by atoms with Crippen molar-refractivity contribution in [3.05, 3.63) is 181 Å². The van der Waals surface area contributed by atoms with Gasteiger partial charge in [0.25, 0.3) is 0 Å².